The number of primary amides is 1. The molecule has 0 aromatic heterocycles. The average Bonchev–Trinajstić information content (AvgIpc) is 2.44. The number of thioether (sulfide) groups is 1. The third kappa shape index (κ3) is 3.02. The Kier molecular flexibility index (Phi) is 4.75. The van der Waals surface area contributed by atoms with Crippen LogP contribution in [-0.2, 0) is 4.79 Å². The van der Waals surface area contributed by atoms with E-state index in [0.717, 1.165) is 24.8 Å². The van der Waals surface area contributed by atoms with Gasteiger partial charge in [-0.15, -0.1) is 11.8 Å². The second-order valence-corrected chi connectivity index (χ2v) is 4.51. The van der Waals surface area contributed by atoms with Crippen LogP contribution >= 0.6 is 11.8 Å². The molecule has 0 aromatic carbocycles. The summed E-state index contributed by atoms with van der Waals surface area (Å²) in [5.74, 6) is -0.416. The first-order chi connectivity index (χ1) is 7.20. The molecule has 0 spiro atoms. The third-order valence-corrected chi connectivity index (χ3v) is 3.61. The van der Waals surface area contributed by atoms with Crippen molar-refractivity contribution in [1.29, 1.82) is 0 Å². The Morgan fingerprint density at radius 2 is 2.00 bits per heavy atom. The van der Waals surface area contributed by atoms with E-state index in [-0.39, 0.29) is 0 Å². The summed E-state index contributed by atoms with van der Waals surface area (Å²) in [5, 5.41) is 0. The highest BCUT2D eigenvalue weighted by Crippen LogP contribution is 2.33. The molecule has 4 heteroatoms. The van der Waals surface area contributed by atoms with Crippen molar-refractivity contribution in [3.63, 3.8) is 0 Å². The van der Waals surface area contributed by atoms with Crippen molar-refractivity contribution in [1.82, 2.24) is 0 Å². The van der Waals surface area contributed by atoms with Gasteiger partial charge >= 0.3 is 0 Å². The van der Waals surface area contributed by atoms with Gasteiger partial charge in [0.2, 0.25) is 5.91 Å². The van der Waals surface area contributed by atoms with E-state index in [2.05, 4.69) is 0 Å². The van der Waals surface area contributed by atoms with E-state index in [1.165, 1.54) is 23.9 Å². The number of carbonyl (C=O) groups excluding carboxylic acids is 1. The van der Waals surface area contributed by atoms with E-state index < -0.39 is 5.91 Å². The maximum absolute atomic E-state index is 11.2. The molecule has 1 amide bonds. The van der Waals surface area contributed by atoms with Gasteiger partial charge in [0.1, 0.15) is 0 Å². The molecule has 0 heterocycles. The van der Waals surface area contributed by atoms with Crippen molar-refractivity contribution in [2.24, 2.45) is 11.5 Å². The van der Waals surface area contributed by atoms with Gasteiger partial charge in [-0.1, -0.05) is 6.42 Å². The van der Waals surface area contributed by atoms with E-state index in [9.17, 15) is 4.79 Å². The van der Waals surface area contributed by atoms with E-state index in [0.29, 0.717) is 5.57 Å². The fourth-order valence-corrected chi connectivity index (χ4v) is 2.70. The Bertz CT molecular complexity index is 308. The van der Waals surface area contributed by atoms with Gasteiger partial charge in [0.05, 0.1) is 5.57 Å². The third-order valence-electron chi connectivity index (χ3n) is 2.67. The highest BCUT2D eigenvalue weighted by Gasteiger charge is 2.17. The first-order valence-electron chi connectivity index (χ1n) is 5.18. The molecule has 1 rings (SSSR count). The molecule has 0 aromatic rings. The number of amides is 1. The number of hydrogen-bond donors (Lipinski definition) is 2. The van der Waals surface area contributed by atoms with Crippen LogP contribution in [-0.4, -0.2) is 12.2 Å². The molecule has 0 atom stereocenters. The van der Waals surface area contributed by atoms with E-state index in [1.54, 1.807) is 11.8 Å². The summed E-state index contributed by atoms with van der Waals surface area (Å²) < 4.78 is 0. The average molecular weight is 226 g/mol. The smallest absolute Gasteiger partial charge is 0.250 e. The van der Waals surface area contributed by atoms with Gasteiger partial charge in [-0.05, 0) is 42.4 Å². The first kappa shape index (κ1) is 12.2. The molecular weight excluding hydrogens is 208 g/mol. The van der Waals surface area contributed by atoms with Gasteiger partial charge in [-0.2, -0.15) is 0 Å². The second-order valence-electron chi connectivity index (χ2n) is 3.61. The van der Waals surface area contributed by atoms with E-state index >= 15 is 0 Å². The number of hydrogen-bond acceptors (Lipinski definition) is 3. The van der Waals surface area contributed by atoms with E-state index in [1.807, 2.05) is 6.26 Å². The van der Waals surface area contributed by atoms with Crippen LogP contribution < -0.4 is 11.5 Å². The lowest BCUT2D eigenvalue weighted by Crippen LogP contribution is -2.17. The maximum Gasteiger partial charge on any atom is 0.250 e. The fraction of sp³-hybridized carbons (Fsp3) is 0.545. The Balaban J connectivity index is 3.04. The Morgan fingerprint density at radius 3 is 2.53 bits per heavy atom. The van der Waals surface area contributed by atoms with Crippen LogP contribution in [0.15, 0.2) is 22.3 Å². The fourth-order valence-electron chi connectivity index (χ4n) is 1.90. The van der Waals surface area contributed by atoms with Gasteiger partial charge < -0.3 is 11.5 Å². The standard InChI is InChI=1S/C11H18N2OS/c1-15-10-6-4-2-3-5-8(10)9(7-12)11(13)14/h7H,2-6,12H2,1H3,(H2,13,14)/b9-7-. The summed E-state index contributed by atoms with van der Waals surface area (Å²) in [7, 11) is 0. The number of nitrogens with two attached hydrogens (primary N) is 2. The lowest BCUT2D eigenvalue weighted by molar-refractivity contribution is -0.114. The topological polar surface area (TPSA) is 69.1 Å². The van der Waals surface area contributed by atoms with Gasteiger partial charge in [0, 0.05) is 6.20 Å². The summed E-state index contributed by atoms with van der Waals surface area (Å²) in [6, 6.07) is 0. The zero-order chi connectivity index (χ0) is 11.3. The summed E-state index contributed by atoms with van der Waals surface area (Å²) in [5.41, 5.74) is 12.3. The lowest BCUT2D eigenvalue weighted by Gasteiger charge is -2.11. The Labute approximate surface area is 95.0 Å². The quantitative estimate of drug-likeness (QED) is 0.722. The van der Waals surface area contributed by atoms with Crippen LogP contribution in [0.4, 0.5) is 0 Å². The molecule has 0 saturated heterocycles. The van der Waals surface area contributed by atoms with Crippen molar-refractivity contribution in [2.75, 3.05) is 6.26 Å². The van der Waals surface area contributed by atoms with Crippen LogP contribution in [0.25, 0.3) is 0 Å². The van der Waals surface area contributed by atoms with Crippen LogP contribution in [0.2, 0.25) is 0 Å². The SMILES string of the molecule is CSC1=C(/C(=C/N)C(N)=O)CCCCC1. The zero-order valence-electron chi connectivity index (χ0n) is 9.08. The van der Waals surface area contributed by atoms with Crippen LogP contribution in [0, 0.1) is 0 Å². The van der Waals surface area contributed by atoms with Gasteiger partial charge in [-0.3, -0.25) is 4.79 Å². The highest BCUT2D eigenvalue weighted by molar-refractivity contribution is 8.02. The van der Waals surface area contributed by atoms with Crippen molar-refractivity contribution < 1.29 is 4.79 Å². The number of carbonyl (C=O) groups is 1. The normalized spacial score (nSPS) is 18.9. The van der Waals surface area contributed by atoms with Crippen molar-refractivity contribution >= 4 is 17.7 Å². The monoisotopic (exact) mass is 226 g/mol. The highest BCUT2D eigenvalue weighted by atomic mass is 32.2. The summed E-state index contributed by atoms with van der Waals surface area (Å²) in [6.07, 6.45) is 8.86. The summed E-state index contributed by atoms with van der Waals surface area (Å²) >= 11 is 1.70. The van der Waals surface area contributed by atoms with Crippen LogP contribution in [0.1, 0.15) is 32.1 Å². The van der Waals surface area contributed by atoms with Gasteiger partial charge in [0.15, 0.2) is 0 Å². The van der Waals surface area contributed by atoms with Crippen LogP contribution in [0.3, 0.4) is 0 Å². The minimum Gasteiger partial charge on any atom is -0.404 e. The molecule has 0 aliphatic heterocycles. The molecule has 0 saturated carbocycles. The molecule has 0 fully saturated rings. The second kappa shape index (κ2) is 5.85. The molecular formula is C11H18N2OS. The molecule has 3 nitrogen and oxygen atoms in total. The van der Waals surface area contributed by atoms with Crippen LogP contribution in [0.5, 0.6) is 0 Å². The first-order valence-corrected chi connectivity index (χ1v) is 6.41. The zero-order valence-corrected chi connectivity index (χ0v) is 9.90. The summed E-state index contributed by atoms with van der Waals surface area (Å²) in [4.78, 5) is 12.5. The van der Waals surface area contributed by atoms with Gasteiger partial charge in [0.25, 0.3) is 0 Å². The van der Waals surface area contributed by atoms with Crippen molar-refractivity contribution in [3.8, 4) is 0 Å². The lowest BCUT2D eigenvalue weighted by atomic mass is 10.0. The molecule has 4 N–H and O–H groups in total. The predicted molar refractivity (Wildman–Crippen MR) is 65.1 cm³/mol. The molecule has 0 unspecified atom stereocenters. The Hall–Kier alpha value is -0.900. The summed E-state index contributed by atoms with van der Waals surface area (Å²) in [6.45, 7) is 0. The Morgan fingerprint density at radius 1 is 1.33 bits per heavy atom. The number of rotatable bonds is 3. The molecule has 15 heavy (non-hydrogen) atoms. The maximum atomic E-state index is 11.2. The minimum absolute atomic E-state index is 0.416. The van der Waals surface area contributed by atoms with Crippen molar-refractivity contribution in [2.45, 2.75) is 32.1 Å². The number of allylic oxidation sites excluding steroid dienone is 1. The van der Waals surface area contributed by atoms with E-state index in [4.69, 9.17) is 11.5 Å². The largest absolute Gasteiger partial charge is 0.404 e. The van der Waals surface area contributed by atoms with Gasteiger partial charge in [-0.25, -0.2) is 0 Å². The molecule has 84 valence electrons. The predicted octanol–water partition coefficient (Wildman–Crippen LogP) is 1.90. The molecule has 0 radical (unpaired) electrons. The molecule has 0 bridgehead atoms. The van der Waals surface area contributed by atoms with Crippen molar-refractivity contribution in [3.05, 3.63) is 22.3 Å². The molecule has 1 aliphatic rings. The minimum atomic E-state index is -0.416. The molecule has 1 aliphatic carbocycles.